The van der Waals surface area contributed by atoms with E-state index in [9.17, 15) is 9.59 Å². The van der Waals surface area contributed by atoms with Crippen LogP contribution >= 0.6 is 15.9 Å². The lowest BCUT2D eigenvalue weighted by atomic mass is 10.2. The third-order valence-corrected chi connectivity index (χ3v) is 4.69. The van der Waals surface area contributed by atoms with Crippen molar-refractivity contribution in [2.75, 3.05) is 10.6 Å². The number of carbonyl (C=O) groups is 2. The highest BCUT2D eigenvalue weighted by molar-refractivity contribution is 9.10. The lowest BCUT2D eigenvalue weighted by Crippen LogP contribution is -2.20. The van der Waals surface area contributed by atoms with Gasteiger partial charge in [0.15, 0.2) is 0 Å². The smallest absolute Gasteiger partial charge is 0.228 e. The Bertz CT molecular complexity index is 871. The minimum Gasteiger partial charge on any atom is -0.326 e. The van der Waals surface area contributed by atoms with Crippen molar-refractivity contribution in [1.29, 1.82) is 5.26 Å². The Morgan fingerprint density at radius 3 is 2.32 bits per heavy atom. The minimum atomic E-state index is -0.314. The number of hydrogen-bond acceptors (Lipinski definition) is 3. The van der Waals surface area contributed by atoms with Gasteiger partial charge in [0.25, 0.3) is 0 Å². The molecule has 2 N–H and O–H groups in total. The normalized spacial score (nSPS) is 18.1. The Labute approximate surface area is 154 Å². The van der Waals surface area contributed by atoms with E-state index in [0.29, 0.717) is 17.7 Å². The molecule has 5 nitrogen and oxygen atoms in total. The highest BCUT2D eigenvalue weighted by Crippen LogP contribution is 2.40. The summed E-state index contributed by atoms with van der Waals surface area (Å²) in [5.41, 5.74) is 2.87. The topological polar surface area (TPSA) is 82.0 Å². The second-order valence-electron chi connectivity index (χ2n) is 6.08. The molecule has 2 aromatic rings. The van der Waals surface area contributed by atoms with Crippen molar-refractivity contribution in [2.24, 2.45) is 11.8 Å². The zero-order valence-electron chi connectivity index (χ0n) is 13.5. The van der Waals surface area contributed by atoms with Crippen molar-refractivity contribution in [2.45, 2.75) is 13.3 Å². The van der Waals surface area contributed by atoms with E-state index in [1.54, 1.807) is 24.3 Å². The standard InChI is InChI=1S/C19H16BrN3O2/c1-11-8-13(20)4-7-17(11)23-19(25)16-9-15(16)18(24)22-14-5-2-12(10-21)3-6-14/h2-8,15-16H,9H2,1H3,(H,22,24)(H,23,25). The summed E-state index contributed by atoms with van der Waals surface area (Å²) in [5.74, 6) is -0.921. The van der Waals surface area contributed by atoms with Crippen LogP contribution in [0.3, 0.4) is 0 Å². The quantitative estimate of drug-likeness (QED) is 0.821. The van der Waals surface area contributed by atoms with E-state index in [0.717, 1.165) is 15.7 Å². The predicted molar refractivity (Wildman–Crippen MR) is 98.9 cm³/mol. The van der Waals surface area contributed by atoms with Crippen LogP contribution in [0.25, 0.3) is 0 Å². The van der Waals surface area contributed by atoms with Crippen molar-refractivity contribution >= 4 is 39.1 Å². The summed E-state index contributed by atoms with van der Waals surface area (Å²) in [5, 5.41) is 14.5. The number of nitriles is 1. The number of benzene rings is 2. The lowest BCUT2D eigenvalue weighted by molar-refractivity contribution is -0.122. The number of aryl methyl sites for hydroxylation is 1. The molecule has 1 aliphatic carbocycles. The first-order chi connectivity index (χ1) is 12.0. The van der Waals surface area contributed by atoms with Gasteiger partial charge in [-0.1, -0.05) is 15.9 Å². The minimum absolute atomic E-state index is 0.134. The largest absolute Gasteiger partial charge is 0.326 e. The van der Waals surface area contributed by atoms with E-state index in [4.69, 9.17) is 5.26 Å². The molecule has 0 aliphatic heterocycles. The lowest BCUT2D eigenvalue weighted by Gasteiger charge is -2.09. The fraction of sp³-hybridized carbons (Fsp3) is 0.211. The highest BCUT2D eigenvalue weighted by atomic mass is 79.9. The number of halogens is 1. The van der Waals surface area contributed by atoms with Crippen LogP contribution in [0.4, 0.5) is 11.4 Å². The number of carbonyl (C=O) groups excluding carboxylic acids is 2. The summed E-state index contributed by atoms with van der Waals surface area (Å²) in [6, 6.07) is 14.3. The summed E-state index contributed by atoms with van der Waals surface area (Å²) >= 11 is 3.39. The first-order valence-corrected chi connectivity index (χ1v) is 8.65. The van der Waals surface area contributed by atoms with Gasteiger partial charge in [-0.2, -0.15) is 5.26 Å². The second-order valence-corrected chi connectivity index (χ2v) is 6.99. The van der Waals surface area contributed by atoms with Crippen LogP contribution in [0, 0.1) is 30.1 Å². The summed E-state index contributed by atoms with van der Waals surface area (Å²) in [7, 11) is 0. The molecule has 2 amide bonds. The van der Waals surface area contributed by atoms with E-state index in [-0.39, 0.29) is 23.7 Å². The molecular formula is C19H16BrN3O2. The Hall–Kier alpha value is -2.65. The monoisotopic (exact) mass is 397 g/mol. The first-order valence-electron chi connectivity index (χ1n) is 7.86. The molecule has 126 valence electrons. The van der Waals surface area contributed by atoms with Gasteiger partial charge in [0, 0.05) is 15.8 Å². The van der Waals surface area contributed by atoms with Gasteiger partial charge >= 0.3 is 0 Å². The second kappa shape index (κ2) is 7.08. The Kier molecular flexibility index (Phi) is 4.86. The van der Waals surface area contributed by atoms with Crippen LogP contribution in [0.2, 0.25) is 0 Å². The molecule has 2 aromatic carbocycles. The number of rotatable bonds is 4. The predicted octanol–water partition coefficient (Wildman–Crippen LogP) is 3.84. The van der Waals surface area contributed by atoms with Crippen LogP contribution in [-0.2, 0) is 9.59 Å². The molecule has 2 unspecified atom stereocenters. The van der Waals surface area contributed by atoms with Crippen LogP contribution in [0.1, 0.15) is 17.5 Å². The van der Waals surface area contributed by atoms with Gasteiger partial charge in [0.05, 0.1) is 23.5 Å². The molecule has 2 atom stereocenters. The summed E-state index contributed by atoms with van der Waals surface area (Å²) in [4.78, 5) is 24.6. The summed E-state index contributed by atoms with van der Waals surface area (Å²) in [6.45, 7) is 1.92. The van der Waals surface area contributed by atoms with Crippen LogP contribution in [-0.4, -0.2) is 11.8 Å². The number of amides is 2. The zero-order valence-corrected chi connectivity index (χ0v) is 15.1. The Morgan fingerprint density at radius 1 is 1.08 bits per heavy atom. The molecule has 25 heavy (non-hydrogen) atoms. The molecule has 1 fully saturated rings. The molecule has 0 spiro atoms. The van der Waals surface area contributed by atoms with E-state index in [1.165, 1.54) is 0 Å². The molecule has 1 aliphatic rings. The van der Waals surface area contributed by atoms with Gasteiger partial charge in [-0.05, 0) is 61.4 Å². The van der Waals surface area contributed by atoms with Crippen LogP contribution < -0.4 is 10.6 Å². The van der Waals surface area contributed by atoms with Gasteiger partial charge in [-0.3, -0.25) is 9.59 Å². The maximum Gasteiger partial charge on any atom is 0.228 e. The highest BCUT2D eigenvalue weighted by Gasteiger charge is 2.48. The fourth-order valence-electron chi connectivity index (χ4n) is 2.63. The van der Waals surface area contributed by atoms with Crippen molar-refractivity contribution in [1.82, 2.24) is 0 Å². The van der Waals surface area contributed by atoms with Crippen LogP contribution in [0.5, 0.6) is 0 Å². The van der Waals surface area contributed by atoms with Crippen molar-refractivity contribution < 1.29 is 9.59 Å². The van der Waals surface area contributed by atoms with E-state index in [1.807, 2.05) is 31.2 Å². The van der Waals surface area contributed by atoms with E-state index in [2.05, 4.69) is 26.6 Å². The molecule has 0 heterocycles. The Morgan fingerprint density at radius 2 is 1.72 bits per heavy atom. The van der Waals surface area contributed by atoms with Crippen molar-refractivity contribution in [3.8, 4) is 6.07 Å². The maximum absolute atomic E-state index is 12.3. The average Bonchev–Trinajstić information content (AvgIpc) is 3.39. The van der Waals surface area contributed by atoms with Gasteiger partial charge in [-0.15, -0.1) is 0 Å². The SMILES string of the molecule is Cc1cc(Br)ccc1NC(=O)C1CC1C(=O)Nc1ccc(C#N)cc1. The third kappa shape index (κ3) is 4.06. The molecule has 3 rings (SSSR count). The molecule has 0 saturated heterocycles. The Balaban J connectivity index is 1.56. The van der Waals surface area contributed by atoms with Crippen LogP contribution in [0.15, 0.2) is 46.9 Å². The summed E-state index contributed by atoms with van der Waals surface area (Å²) in [6.07, 6.45) is 0.545. The number of hydrogen-bond donors (Lipinski definition) is 2. The maximum atomic E-state index is 12.3. The van der Waals surface area contributed by atoms with E-state index >= 15 is 0 Å². The number of nitrogens with one attached hydrogen (secondary N) is 2. The van der Waals surface area contributed by atoms with Crippen molar-refractivity contribution in [3.63, 3.8) is 0 Å². The molecule has 0 radical (unpaired) electrons. The number of anilines is 2. The van der Waals surface area contributed by atoms with Gasteiger partial charge < -0.3 is 10.6 Å². The first kappa shape index (κ1) is 17.2. The molecule has 0 bridgehead atoms. The zero-order chi connectivity index (χ0) is 18.0. The number of nitrogens with zero attached hydrogens (tertiary/aromatic N) is 1. The molecule has 6 heteroatoms. The average molecular weight is 398 g/mol. The van der Waals surface area contributed by atoms with Crippen molar-refractivity contribution in [3.05, 3.63) is 58.1 Å². The molecule has 0 aromatic heterocycles. The van der Waals surface area contributed by atoms with Gasteiger partial charge in [-0.25, -0.2) is 0 Å². The molecular weight excluding hydrogens is 382 g/mol. The fourth-order valence-corrected chi connectivity index (χ4v) is 3.11. The van der Waals surface area contributed by atoms with Gasteiger partial charge in [0.1, 0.15) is 0 Å². The summed E-state index contributed by atoms with van der Waals surface area (Å²) < 4.78 is 0.953. The van der Waals surface area contributed by atoms with Gasteiger partial charge in [0.2, 0.25) is 11.8 Å². The molecule has 1 saturated carbocycles. The van der Waals surface area contributed by atoms with E-state index < -0.39 is 0 Å². The third-order valence-electron chi connectivity index (χ3n) is 4.19.